The van der Waals surface area contributed by atoms with Crippen LogP contribution < -0.4 is 16.8 Å². The predicted molar refractivity (Wildman–Crippen MR) is 70.7 cm³/mol. The zero-order valence-electron chi connectivity index (χ0n) is 9.06. The Hall–Kier alpha value is -0.490. The number of aryl methyl sites for hydroxylation is 1. The fourth-order valence-corrected chi connectivity index (χ4v) is 1.85. The van der Waals surface area contributed by atoms with Gasteiger partial charge in [0, 0.05) is 37.7 Å². The van der Waals surface area contributed by atoms with Gasteiger partial charge in [-0.2, -0.15) is 5.10 Å². The monoisotopic (exact) mass is 267 g/mol. The van der Waals surface area contributed by atoms with Gasteiger partial charge >= 0.3 is 0 Å². The molecule has 1 aromatic heterocycles. The third-order valence-electron chi connectivity index (χ3n) is 2.72. The Labute approximate surface area is 108 Å². The van der Waals surface area contributed by atoms with Crippen LogP contribution in [0, 0.1) is 0 Å². The van der Waals surface area contributed by atoms with Gasteiger partial charge in [-0.15, -0.1) is 24.8 Å². The van der Waals surface area contributed by atoms with Gasteiger partial charge in [0.15, 0.2) is 0 Å². The van der Waals surface area contributed by atoms with Crippen LogP contribution in [0.3, 0.4) is 0 Å². The van der Waals surface area contributed by atoms with E-state index in [1.807, 2.05) is 10.9 Å². The number of rotatable bonds is 3. The molecule has 0 aliphatic carbocycles. The summed E-state index contributed by atoms with van der Waals surface area (Å²) in [5.41, 5.74) is 12.5. The van der Waals surface area contributed by atoms with Crippen LogP contribution in [0.4, 0.5) is 5.82 Å². The molecule has 94 valence electrons. The first-order valence-corrected chi connectivity index (χ1v) is 5.06. The number of fused-ring (bicyclic) bond motifs is 1. The molecule has 0 unspecified atom stereocenters. The Morgan fingerprint density at radius 1 is 1.38 bits per heavy atom. The minimum Gasteiger partial charge on any atom is -0.370 e. The Balaban J connectivity index is 0.00000112. The quantitative estimate of drug-likeness (QED) is 0.747. The maximum absolute atomic E-state index is 5.66. The maximum Gasteiger partial charge on any atom is 0.127 e. The van der Waals surface area contributed by atoms with Gasteiger partial charge in [-0.1, -0.05) is 0 Å². The van der Waals surface area contributed by atoms with Crippen LogP contribution in [0.25, 0.3) is 0 Å². The fourth-order valence-electron chi connectivity index (χ4n) is 1.85. The lowest BCUT2D eigenvalue weighted by Gasteiger charge is -2.19. The topological polar surface area (TPSA) is 81.9 Å². The van der Waals surface area contributed by atoms with Gasteiger partial charge in [0.05, 0.1) is 6.20 Å². The van der Waals surface area contributed by atoms with Crippen molar-refractivity contribution in [3.63, 3.8) is 0 Å². The van der Waals surface area contributed by atoms with Gasteiger partial charge in [-0.05, 0) is 6.42 Å². The van der Waals surface area contributed by atoms with E-state index in [1.54, 1.807) is 0 Å². The van der Waals surface area contributed by atoms with Crippen molar-refractivity contribution >= 4 is 30.6 Å². The lowest BCUT2D eigenvalue weighted by atomic mass is 10.0. The second-order valence-electron chi connectivity index (χ2n) is 3.62. The van der Waals surface area contributed by atoms with Crippen molar-refractivity contribution in [1.29, 1.82) is 0 Å². The van der Waals surface area contributed by atoms with Crippen LogP contribution in [-0.2, 0) is 6.54 Å². The molecule has 0 aromatic carbocycles. The van der Waals surface area contributed by atoms with Crippen LogP contribution in [0.2, 0.25) is 0 Å². The van der Waals surface area contributed by atoms with E-state index < -0.39 is 0 Å². The second kappa shape index (κ2) is 6.96. The van der Waals surface area contributed by atoms with E-state index in [1.165, 1.54) is 0 Å². The number of nitrogens with one attached hydrogen (secondary N) is 1. The highest BCUT2D eigenvalue weighted by atomic mass is 35.5. The maximum atomic E-state index is 5.66. The molecule has 1 aliphatic rings. The van der Waals surface area contributed by atoms with E-state index in [9.17, 15) is 0 Å². The highest BCUT2D eigenvalue weighted by Gasteiger charge is 2.19. The first-order valence-electron chi connectivity index (χ1n) is 5.06. The normalized spacial score (nSPS) is 13.4. The fraction of sp³-hybridized carbons (Fsp3) is 0.667. The van der Waals surface area contributed by atoms with E-state index in [4.69, 9.17) is 11.5 Å². The Morgan fingerprint density at radius 2 is 2.06 bits per heavy atom. The smallest absolute Gasteiger partial charge is 0.127 e. The summed E-state index contributed by atoms with van der Waals surface area (Å²) >= 11 is 0. The molecule has 0 saturated carbocycles. The standard InChI is InChI=1S/C9H17N5.2ClH/c10-4-7(5-11)8-6-13-14-3-1-2-12-9(8)14;;/h6-7,12H,1-5,10-11H2;2*1H. The number of anilines is 1. The summed E-state index contributed by atoms with van der Waals surface area (Å²) in [4.78, 5) is 0. The summed E-state index contributed by atoms with van der Waals surface area (Å²) in [7, 11) is 0. The van der Waals surface area contributed by atoms with Crippen LogP contribution in [-0.4, -0.2) is 29.4 Å². The molecule has 2 heterocycles. The molecule has 0 saturated heterocycles. The van der Waals surface area contributed by atoms with Gasteiger partial charge in [0.1, 0.15) is 5.82 Å². The zero-order valence-corrected chi connectivity index (χ0v) is 10.7. The average molecular weight is 268 g/mol. The Bertz CT molecular complexity index is 311. The summed E-state index contributed by atoms with van der Waals surface area (Å²) in [5.74, 6) is 1.33. The van der Waals surface area contributed by atoms with Crippen molar-refractivity contribution < 1.29 is 0 Å². The molecule has 1 aromatic rings. The van der Waals surface area contributed by atoms with E-state index >= 15 is 0 Å². The third-order valence-corrected chi connectivity index (χ3v) is 2.72. The molecule has 0 atom stereocenters. The summed E-state index contributed by atoms with van der Waals surface area (Å²) in [6.07, 6.45) is 3.02. The average Bonchev–Trinajstić information content (AvgIpc) is 2.65. The second-order valence-corrected chi connectivity index (χ2v) is 3.62. The van der Waals surface area contributed by atoms with Crippen molar-refractivity contribution in [2.75, 3.05) is 25.0 Å². The highest BCUT2D eigenvalue weighted by Crippen LogP contribution is 2.25. The van der Waals surface area contributed by atoms with E-state index in [2.05, 4.69) is 10.4 Å². The molecule has 16 heavy (non-hydrogen) atoms. The summed E-state index contributed by atoms with van der Waals surface area (Å²) in [5, 5.41) is 7.67. The molecule has 2 rings (SSSR count). The molecule has 5 nitrogen and oxygen atoms in total. The number of halogens is 2. The van der Waals surface area contributed by atoms with Crippen molar-refractivity contribution in [3.05, 3.63) is 11.8 Å². The number of aromatic nitrogens is 2. The molecule has 1 aliphatic heterocycles. The molecule has 0 spiro atoms. The Morgan fingerprint density at radius 3 is 2.69 bits per heavy atom. The van der Waals surface area contributed by atoms with Gasteiger partial charge in [0.2, 0.25) is 0 Å². The first kappa shape index (κ1) is 15.5. The van der Waals surface area contributed by atoms with Crippen molar-refractivity contribution in [1.82, 2.24) is 9.78 Å². The van der Waals surface area contributed by atoms with Gasteiger partial charge in [0.25, 0.3) is 0 Å². The lowest BCUT2D eigenvalue weighted by molar-refractivity contribution is 0.565. The van der Waals surface area contributed by atoms with Gasteiger partial charge < -0.3 is 16.8 Å². The number of nitrogens with zero attached hydrogens (tertiary/aromatic N) is 2. The van der Waals surface area contributed by atoms with E-state index in [-0.39, 0.29) is 30.7 Å². The molecular formula is C9H19Cl2N5. The molecular weight excluding hydrogens is 249 g/mol. The molecule has 0 fully saturated rings. The van der Waals surface area contributed by atoms with Crippen LogP contribution >= 0.6 is 24.8 Å². The third kappa shape index (κ3) is 2.79. The minimum atomic E-state index is 0. The van der Waals surface area contributed by atoms with Crippen molar-refractivity contribution in [3.8, 4) is 0 Å². The zero-order chi connectivity index (χ0) is 9.97. The highest BCUT2D eigenvalue weighted by molar-refractivity contribution is 5.85. The molecule has 7 heteroatoms. The summed E-state index contributed by atoms with van der Waals surface area (Å²) in [6.45, 7) is 3.17. The molecule has 0 bridgehead atoms. The van der Waals surface area contributed by atoms with Gasteiger partial charge in [-0.25, -0.2) is 4.68 Å². The van der Waals surface area contributed by atoms with Crippen LogP contribution in [0.15, 0.2) is 6.20 Å². The van der Waals surface area contributed by atoms with Gasteiger partial charge in [-0.3, -0.25) is 0 Å². The number of nitrogens with two attached hydrogens (primary N) is 2. The SMILES string of the molecule is Cl.Cl.NCC(CN)c1cnn2c1NCCC2. The molecule has 0 amide bonds. The summed E-state index contributed by atoms with van der Waals surface area (Å²) < 4.78 is 2.00. The number of hydrogen-bond donors (Lipinski definition) is 3. The predicted octanol–water partition coefficient (Wildman–Crippen LogP) is 0.543. The molecule has 0 radical (unpaired) electrons. The Kier molecular flexibility index (Phi) is 6.74. The summed E-state index contributed by atoms with van der Waals surface area (Å²) in [6, 6.07) is 0. The first-order chi connectivity index (χ1) is 6.86. The molecule has 5 N–H and O–H groups in total. The largest absolute Gasteiger partial charge is 0.370 e. The van der Waals surface area contributed by atoms with E-state index in [0.717, 1.165) is 30.9 Å². The van der Waals surface area contributed by atoms with Crippen LogP contribution in [0.1, 0.15) is 17.9 Å². The number of hydrogen-bond acceptors (Lipinski definition) is 4. The lowest BCUT2D eigenvalue weighted by Crippen LogP contribution is -2.24. The van der Waals surface area contributed by atoms with Crippen molar-refractivity contribution in [2.24, 2.45) is 11.5 Å². The van der Waals surface area contributed by atoms with E-state index in [0.29, 0.717) is 13.1 Å². The minimum absolute atomic E-state index is 0. The van der Waals surface area contributed by atoms with Crippen molar-refractivity contribution in [2.45, 2.75) is 18.9 Å². The van der Waals surface area contributed by atoms with Crippen LogP contribution in [0.5, 0.6) is 0 Å².